The molecule has 0 atom stereocenters. The second-order valence-electron chi connectivity index (χ2n) is 4.65. The Morgan fingerprint density at radius 1 is 1.38 bits per heavy atom. The maximum absolute atomic E-state index is 12.4. The SMILES string of the molecule is Cc1ccc(-n2c(O)c3c(N)n[nH]c3c(C#N)c2=O)cc1. The van der Waals surface area contributed by atoms with E-state index in [4.69, 9.17) is 5.73 Å². The summed E-state index contributed by atoms with van der Waals surface area (Å²) in [6, 6.07) is 8.79. The van der Waals surface area contributed by atoms with Gasteiger partial charge in [-0.15, -0.1) is 0 Å². The number of H-pyrrole nitrogens is 1. The van der Waals surface area contributed by atoms with Gasteiger partial charge in [-0.3, -0.25) is 9.89 Å². The van der Waals surface area contributed by atoms with Gasteiger partial charge in [-0.2, -0.15) is 10.4 Å². The first-order valence-electron chi connectivity index (χ1n) is 6.13. The number of rotatable bonds is 1. The summed E-state index contributed by atoms with van der Waals surface area (Å²) in [5.41, 5.74) is 6.52. The molecule has 0 amide bonds. The minimum Gasteiger partial charge on any atom is -0.494 e. The van der Waals surface area contributed by atoms with Crippen molar-refractivity contribution in [3.05, 3.63) is 45.7 Å². The fourth-order valence-electron chi connectivity index (χ4n) is 2.23. The van der Waals surface area contributed by atoms with Crippen molar-refractivity contribution >= 4 is 16.7 Å². The van der Waals surface area contributed by atoms with Crippen LogP contribution in [0, 0.1) is 18.3 Å². The zero-order valence-corrected chi connectivity index (χ0v) is 11.1. The number of aromatic amines is 1. The summed E-state index contributed by atoms with van der Waals surface area (Å²) in [5, 5.41) is 26.0. The van der Waals surface area contributed by atoms with Gasteiger partial charge < -0.3 is 10.8 Å². The second kappa shape index (κ2) is 4.38. The average Bonchev–Trinajstić information content (AvgIpc) is 2.84. The zero-order valence-electron chi connectivity index (χ0n) is 11.1. The van der Waals surface area contributed by atoms with Crippen LogP contribution in [0.4, 0.5) is 5.82 Å². The molecule has 0 aliphatic heterocycles. The lowest BCUT2D eigenvalue weighted by atomic mass is 10.1. The summed E-state index contributed by atoms with van der Waals surface area (Å²) in [4.78, 5) is 12.4. The first-order chi connectivity index (χ1) is 10.0. The molecule has 0 unspecified atom stereocenters. The predicted molar refractivity (Wildman–Crippen MR) is 77.2 cm³/mol. The first kappa shape index (κ1) is 12.7. The summed E-state index contributed by atoms with van der Waals surface area (Å²) < 4.78 is 1.05. The molecular formula is C14H11N5O2. The van der Waals surface area contributed by atoms with Crippen molar-refractivity contribution in [2.24, 2.45) is 0 Å². The second-order valence-corrected chi connectivity index (χ2v) is 4.65. The van der Waals surface area contributed by atoms with Gasteiger partial charge in [-0.25, -0.2) is 4.57 Å². The number of nitrogens with two attached hydrogens (primary N) is 1. The molecule has 3 aromatic rings. The van der Waals surface area contributed by atoms with Crippen molar-refractivity contribution in [2.75, 3.05) is 5.73 Å². The zero-order chi connectivity index (χ0) is 15.1. The van der Waals surface area contributed by atoms with Crippen LogP contribution in [0.1, 0.15) is 11.1 Å². The molecule has 7 nitrogen and oxygen atoms in total. The van der Waals surface area contributed by atoms with Crippen molar-refractivity contribution in [3.63, 3.8) is 0 Å². The van der Waals surface area contributed by atoms with Gasteiger partial charge in [0.05, 0.1) is 11.2 Å². The van der Waals surface area contributed by atoms with E-state index >= 15 is 0 Å². The Morgan fingerprint density at radius 2 is 2.05 bits per heavy atom. The summed E-state index contributed by atoms with van der Waals surface area (Å²) in [7, 11) is 0. The van der Waals surface area contributed by atoms with Gasteiger partial charge in [0.1, 0.15) is 17.0 Å². The minimum absolute atomic E-state index is 0.0276. The van der Waals surface area contributed by atoms with Crippen LogP contribution in [0.3, 0.4) is 0 Å². The lowest BCUT2D eigenvalue weighted by molar-refractivity contribution is 0.443. The lowest BCUT2D eigenvalue weighted by Crippen LogP contribution is -2.21. The van der Waals surface area contributed by atoms with E-state index in [1.165, 1.54) is 0 Å². The minimum atomic E-state index is -0.630. The van der Waals surface area contributed by atoms with E-state index in [1.807, 2.05) is 13.0 Å². The molecule has 0 aliphatic carbocycles. The Balaban J connectivity index is 2.48. The van der Waals surface area contributed by atoms with Gasteiger partial charge in [0.15, 0.2) is 5.82 Å². The van der Waals surface area contributed by atoms with E-state index in [-0.39, 0.29) is 28.2 Å². The third-order valence-electron chi connectivity index (χ3n) is 3.30. The number of nitrogens with zero attached hydrogens (tertiary/aromatic N) is 3. The highest BCUT2D eigenvalue weighted by Gasteiger charge is 2.21. The van der Waals surface area contributed by atoms with E-state index in [0.717, 1.165) is 10.1 Å². The summed E-state index contributed by atoms with van der Waals surface area (Å²) in [6.07, 6.45) is 0. The van der Waals surface area contributed by atoms with Crippen molar-refractivity contribution < 1.29 is 5.11 Å². The standard InChI is InChI=1S/C14H11N5O2/c1-7-2-4-8(5-3-7)19-13(20)9(6-15)11-10(14(19)21)12(16)18-17-11/h2-5,17,21H,1H3,(H2,16,18). The van der Waals surface area contributed by atoms with E-state index in [2.05, 4.69) is 10.2 Å². The van der Waals surface area contributed by atoms with Crippen LogP contribution in [0.15, 0.2) is 29.1 Å². The molecule has 0 fully saturated rings. The van der Waals surface area contributed by atoms with Crippen molar-refractivity contribution in [2.45, 2.75) is 6.92 Å². The van der Waals surface area contributed by atoms with Gasteiger partial charge in [0.2, 0.25) is 5.88 Å². The molecule has 4 N–H and O–H groups in total. The van der Waals surface area contributed by atoms with E-state index in [9.17, 15) is 15.2 Å². The highest BCUT2D eigenvalue weighted by atomic mass is 16.3. The Kier molecular flexibility index (Phi) is 2.66. The van der Waals surface area contributed by atoms with Gasteiger partial charge >= 0.3 is 0 Å². The molecule has 0 aliphatic rings. The molecule has 21 heavy (non-hydrogen) atoms. The number of anilines is 1. The fourth-order valence-corrected chi connectivity index (χ4v) is 2.23. The number of aromatic nitrogens is 3. The summed E-state index contributed by atoms with van der Waals surface area (Å²) in [5.74, 6) is -0.316. The number of nitriles is 1. The maximum atomic E-state index is 12.4. The number of nitrogen functional groups attached to an aromatic ring is 1. The molecule has 3 rings (SSSR count). The molecule has 7 heteroatoms. The fraction of sp³-hybridized carbons (Fsp3) is 0.0714. The molecule has 104 valence electrons. The molecule has 2 aromatic heterocycles. The van der Waals surface area contributed by atoms with Crippen molar-refractivity contribution in [1.82, 2.24) is 14.8 Å². The Bertz CT molecular complexity index is 945. The normalized spacial score (nSPS) is 10.7. The van der Waals surface area contributed by atoms with Gasteiger partial charge in [0.25, 0.3) is 5.56 Å². The smallest absolute Gasteiger partial charge is 0.278 e. The van der Waals surface area contributed by atoms with Gasteiger partial charge in [-0.05, 0) is 19.1 Å². The number of hydrogen-bond acceptors (Lipinski definition) is 5. The number of aromatic hydroxyl groups is 1. The van der Waals surface area contributed by atoms with Crippen LogP contribution < -0.4 is 11.3 Å². The van der Waals surface area contributed by atoms with Crippen molar-refractivity contribution in [1.29, 1.82) is 5.26 Å². The lowest BCUT2D eigenvalue weighted by Gasteiger charge is -2.10. The number of fused-ring (bicyclic) bond motifs is 1. The Labute approximate surface area is 118 Å². The van der Waals surface area contributed by atoms with Crippen LogP contribution in [0.25, 0.3) is 16.6 Å². The number of aryl methyl sites for hydroxylation is 1. The number of hydrogen-bond donors (Lipinski definition) is 3. The Hall–Kier alpha value is -3.27. The maximum Gasteiger partial charge on any atom is 0.278 e. The molecule has 0 radical (unpaired) electrons. The van der Waals surface area contributed by atoms with Crippen molar-refractivity contribution in [3.8, 4) is 17.6 Å². The molecule has 0 bridgehead atoms. The van der Waals surface area contributed by atoms with Crippen LogP contribution in [-0.2, 0) is 0 Å². The third kappa shape index (κ3) is 1.74. The van der Waals surface area contributed by atoms with E-state index < -0.39 is 5.56 Å². The molecule has 0 saturated heterocycles. The number of benzene rings is 1. The Morgan fingerprint density at radius 3 is 2.67 bits per heavy atom. The van der Waals surface area contributed by atoms with E-state index in [1.54, 1.807) is 24.3 Å². The quantitative estimate of drug-likeness (QED) is 0.618. The van der Waals surface area contributed by atoms with Crippen LogP contribution in [0.5, 0.6) is 5.88 Å². The molecule has 0 saturated carbocycles. The third-order valence-corrected chi connectivity index (χ3v) is 3.30. The predicted octanol–water partition coefficient (Wildman–Crippen LogP) is 1.18. The van der Waals surface area contributed by atoms with Crippen LogP contribution in [0.2, 0.25) is 0 Å². The first-order valence-corrected chi connectivity index (χ1v) is 6.13. The molecule has 2 heterocycles. The summed E-state index contributed by atoms with van der Waals surface area (Å²) in [6.45, 7) is 1.91. The average molecular weight is 281 g/mol. The van der Waals surface area contributed by atoms with Crippen LogP contribution >= 0.6 is 0 Å². The number of nitrogens with one attached hydrogen (secondary N) is 1. The summed E-state index contributed by atoms with van der Waals surface area (Å²) >= 11 is 0. The highest BCUT2D eigenvalue weighted by molar-refractivity contribution is 5.96. The molecule has 1 aromatic carbocycles. The van der Waals surface area contributed by atoms with Gasteiger partial charge in [0, 0.05) is 0 Å². The highest BCUT2D eigenvalue weighted by Crippen LogP contribution is 2.30. The number of pyridine rings is 1. The molecular weight excluding hydrogens is 270 g/mol. The van der Waals surface area contributed by atoms with E-state index in [0.29, 0.717) is 5.69 Å². The molecule has 0 spiro atoms. The monoisotopic (exact) mass is 281 g/mol. The largest absolute Gasteiger partial charge is 0.494 e. The van der Waals surface area contributed by atoms with Crippen LogP contribution in [-0.4, -0.2) is 19.9 Å². The topological polar surface area (TPSA) is 121 Å². The van der Waals surface area contributed by atoms with Gasteiger partial charge in [-0.1, -0.05) is 17.7 Å².